The van der Waals surface area contributed by atoms with E-state index in [-0.39, 0.29) is 0 Å². The van der Waals surface area contributed by atoms with E-state index in [1.165, 1.54) is 14.0 Å². The molecule has 0 atom stereocenters. The van der Waals surface area contributed by atoms with Gasteiger partial charge in [0.2, 0.25) is 0 Å². The highest BCUT2D eigenvalue weighted by Crippen LogP contribution is 2.30. The molecular weight excluding hydrogens is 180 g/mol. The van der Waals surface area contributed by atoms with Crippen LogP contribution in [-0.2, 0) is 4.79 Å². The van der Waals surface area contributed by atoms with Crippen molar-refractivity contribution in [1.82, 2.24) is 0 Å². The molecule has 72 valence electrons. The van der Waals surface area contributed by atoms with Crippen molar-refractivity contribution in [3.8, 4) is 23.8 Å². The van der Waals surface area contributed by atoms with Crippen LogP contribution < -0.4 is 9.47 Å². The van der Waals surface area contributed by atoms with E-state index >= 15 is 0 Å². The molecule has 1 aromatic carbocycles. The van der Waals surface area contributed by atoms with Crippen LogP contribution in [0.15, 0.2) is 18.2 Å². The third-order valence-electron chi connectivity index (χ3n) is 1.60. The Morgan fingerprint density at radius 3 is 2.71 bits per heavy atom. The predicted octanol–water partition coefficient (Wildman–Crippen LogP) is 1.60. The Morgan fingerprint density at radius 1 is 1.50 bits per heavy atom. The Morgan fingerprint density at radius 2 is 2.21 bits per heavy atom. The number of para-hydroxylation sites is 1. The Labute approximate surface area is 82.6 Å². The number of carbonyl (C=O) groups excluding carboxylic acids is 1. The van der Waals surface area contributed by atoms with Gasteiger partial charge in [0.05, 0.1) is 12.7 Å². The highest BCUT2D eigenvalue weighted by Gasteiger charge is 2.10. The average molecular weight is 190 g/mol. The van der Waals surface area contributed by atoms with Gasteiger partial charge in [0.1, 0.15) is 0 Å². The van der Waals surface area contributed by atoms with Gasteiger partial charge in [-0.3, -0.25) is 4.79 Å². The van der Waals surface area contributed by atoms with Gasteiger partial charge in [-0.1, -0.05) is 12.0 Å². The molecule has 1 aromatic rings. The van der Waals surface area contributed by atoms with Crippen LogP contribution in [0.5, 0.6) is 11.5 Å². The molecule has 0 heterocycles. The van der Waals surface area contributed by atoms with Crippen molar-refractivity contribution in [1.29, 1.82) is 0 Å². The van der Waals surface area contributed by atoms with Gasteiger partial charge in [0, 0.05) is 6.92 Å². The molecule has 0 N–H and O–H groups in total. The summed E-state index contributed by atoms with van der Waals surface area (Å²) in [4.78, 5) is 10.8. The van der Waals surface area contributed by atoms with Gasteiger partial charge in [-0.2, -0.15) is 0 Å². The fourth-order valence-electron chi connectivity index (χ4n) is 1.04. The second-order valence-electron chi connectivity index (χ2n) is 2.57. The lowest BCUT2D eigenvalue weighted by Crippen LogP contribution is -2.04. The van der Waals surface area contributed by atoms with Crippen molar-refractivity contribution in [2.45, 2.75) is 6.92 Å². The highest BCUT2D eigenvalue weighted by molar-refractivity contribution is 5.72. The summed E-state index contributed by atoms with van der Waals surface area (Å²) in [5, 5.41) is 0. The number of terminal acetylenes is 1. The fourth-order valence-corrected chi connectivity index (χ4v) is 1.04. The summed E-state index contributed by atoms with van der Waals surface area (Å²) in [5.74, 6) is 2.74. The first-order valence-corrected chi connectivity index (χ1v) is 4.01. The zero-order valence-electron chi connectivity index (χ0n) is 8.03. The number of methoxy groups -OCH3 is 1. The number of carbonyl (C=O) groups is 1. The summed E-state index contributed by atoms with van der Waals surface area (Å²) in [6.07, 6.45) is 5.25. The fraction of sp³-hybridized carbons (Fsp3) is 0.182. The molecule has 0 saturated carbocycles. The second-order valence-corrected chi connectivity index (χ2v) is 2.57. The first-order chi connectivity index (χ1) is 6.69. The molecule has 0 fully saturated rings. The zero-order chi connectivity index (χ0) is 10.6. The first kappa shape index (κ1) is 10.1. The van der Waals surface area contributed by atoms with Gasteiger partial charge in [-0.05, 0) is 12.1 Å². The Bertz CT molecular complexity index is 388. The maximum atomic E-state index is 10.8. The maximum absolute atomic E-state index is 10.8. The third-order valence-corrected chi connectivity index (χ3v) is 1.60. The molecule has 0 aliphatic heterocycles. The second kappa shape index (κ2) is 4.33. The van der Waals surface area contributed by atoms with Crippen LogP contribution in [0.1, 0.15) is 12.5 Å². The normalized spacial score (nSPS) is 8.93. The summed E-state index contributed by atoms with van der Waals surface area (Å²) >= 11 is 0. The monoisotopic (exact) mass is 190 g/mol. The minimum atomic E-state index is -0.425. The lowest BCUT2D eigenvalue weighted by Gasteiger charge is -2.09. The minimum Gasteiger partial charge on any atom is -0.493 e. The predicted molar refractivity (Wildman–Crippen MR) is 52.2 cm³/mol. The number of benzene rings is 1. The van der Waals surface area contributed by atoms with E-state index in [9.17, 15) is 4.79 Å². The van der Waals surface area contributed by atoms with Crippen LogP contribution in [0.3, 0.4) is 0 Å². The quantitative estimate of drug-likeness (QED) is 0.403. The van der Waals surface area contributed by atoms with Crippen molar-refractivity contribution in [2.24, 2.45) is 0 Å². The van der Waals surface area contributed by atoms with Gasteiger partial charge in [-0.15, -0.1) is 6.42 Å². The van der Waals surface area contributed by atoms with Crippen molar-refractivity contribution in [3.05, 3.63) is 23.8 Å². The van der Waals surface area contributed by atoms with Gasteiger partial charge in [0.25, 0.3) is 0 Å². The van der Waals surface area contributed by atoms with Gasteiger partial charge in [0.15, 0.2) is 11.5 Å². The number of ether oxygens (including phenoxy) is 2. The molecule has 0 amide bonds. The summed E-state index contributed by atoms with van der Waals surface area (Å²) in [7, 11) is 1.49. The smallest absolute Gasteiger partial charge is 0.308 e. The van der Waals surface area contributed by atoms with Crippen LogP contribution in [0.4, 0.5) is 0 Å². The molecule has 3 heteroatoms. The molecule has 0 aromatic heterocycles. The first-order valence-electron chi connectivity index (χ1n) is 4.01. The van der Waals surface area contributed by atoms with Gasteiger partial charge < -0.3 is 9.47 Å². The number of esters is 1. The molecule has 1 rings (SSSR count). The van der Waals surface area contributed by atoms with Crippen LogP contribution in [0.25, 0.3) is 0 Å². The maximum Gasteiger partial charge on any atom is 0.308 e. The summed E-state index contributed by atoms with van der Waals surface area (Å²) in [6.45, 7) is 1.31. The number of hydrogen-bond donors (Lipinski definition) is 0. The molecule has 0 saturated heterocycles. The number of rotatable bonds is 2. The SMILES string of the molecule is C#Cc1cccc(OC)c1OC(C)=O. The van der Waals surface area contributed by atoms with E-state index in [1.807, 2.05) is 0 Å². The summed E-state index contributed by atoms with van der Waals surface area (Å²) in [6, 6.07) is 5.10. The van der Waals surface area contributed by atoms with E-state index in [4.69, 9.17) is 15.9 Å². The Kier molecular flexibility index (Phi) is 3.14. The summed E-state index contributed by atoms with van der Waals surface area (Å²) < 4.78 is 9.97. The van der Waals surface area contributed by atoms with E-state index < -0.39 is 5.97 Å². The average Bonchev–Trinajstić information content (AvgIpc) is 2.17. The number of hydrogen-bond acceptors (Lipinski definition) is 3. The molecule has 0 aliphatic carbocycles. The largest absolute Gasteiger partial charge is 0.493 e. The van der Waals surface area contributed by atoms with Crippen molar-refractivity contribution in [3.63, 3.8) is 0 Å². The van der Waals surface area contributed by atoms with Gasteiger partial charge in [-0.25, -0.2) is 0 Å². The molecule has 0 aliphatic rings. The topological polar surface area (TPSA) is 35.5 Å². The molecule has 0 radical (unpaired) electrons. The third kappa shape index (κ3) is 2.05. The minimum absolute atomic E-state index is 0.296. The molecule has 0 unspecified atom stereocenters. The standard InChI is InChI=1S/C11H10O3/c1-4-9-6-5-7-10(13-3)11(9)14-8(2)12/h1,5-7H,2-3H3. The molecule has 0 bridgehead atoms. The van der Waals surface area contributed by atoms with Crippen molar-refractivity contribution >= 4 is 5.97 Å². The molecular formula is C11H10O3. The van der Waals surface area contributed by atoms with Crippen LogP contribution in [-0.4, -0.2) is 13.1 Å². The van der Waals surface area contributed by atoms with E-state index in [0.717, 1.165) is 0 Å². The van der Waals surface area contributed by atoms with Crippen LogP contribution in [0, 0.1) is 12.3 Å². The Balaban J connectivity index is 3.20. The molecule has 0 spiro atoms. The molecule has 14 heavy (non-hydrogen) atoms. The van der Waals surface area contributed by atoms with Crippen LogP contribution >= 0.6 is 0 Å². The lowest BCUT2D eigenvalue weighted by atomic mass is 10.2. The van der Waals surface area contributed by atoms with Crippen LogP contribution in [0.2, 0.25) is 0 Å². The Hall–Kier alpha value is -1.95. The summed E-state index contributed by atoms with van der Waals surface area (Å²) in [5.41, 5.74) is 0.500. The van der Waals surface area contributed by atoms with Crippen molar-refractivity contribution in [2.75, 3.05) is 7.11 Å². The van der Waals surface area contributed by atoms with E-state index in [2.05, 4.69) is 5.92 Å². The zero-order valence-corrected chi connectivity index (χ0v) is 8.03. The van der Waals surface area contributed by atoms with E-state index in [0.29, 0.717) is 17.1 Å². The van der Waals surface area contributed by atoms with E-state index in [1.54, 1.807) is 18.2 Å². The van der Waals surface area contributed by atoms with Crippen molar-refractivity contribution < 1.29 is 14.3 Å². The highest BCUT2D eigenvalue weighted by atomic mass is 16.6. The molecule has 3 nitrogen and oxygen atoms in total. The lowest BCUT2D eigenvalue weighted by molar-refractivity contribution is -0.132. The van der Waals surface area contributed by atoms with Gasteiger partial charge >= 0.3 is 5.97 Å².